The number of nitro benzene ring substituents is 1. The van der Waals surface area contributed by atoms with Gasteiger partial charge in [-0.1, -0.05) is 30.3 Å². The van der Waals surface area contributed by atoms with Gasteiger partial charge in [-0.15, -0.1) is 0 Å². The van der Waals surface area contributed by atoms with Crippen molar-refractivity contribution in [2.24, 2.45) is 5.92 Å². The van der Waals surface area contributed by atoms with Crippen LogP contribution in [0.5, 0.6) is 5.75 Å². The monoisotopic (exact) mass is 452 g/mol. The molecule has 174 valence electrons. The van der Waals surface area contributed by atoms with Crippen molar-refractivity contribution in [3.63, 3.8) is 0 Å². The third kappa shape index (κ3) is 5.42. The van der Waals surface area contributed by atoms with Crippen LogP contribution in [0.4, 0.5) is 11.4 Å². The van der Waals surface area contributed by atoms with Crippen LogP contribution in [0.2, 0.25) is 0 Å². The zero-order chi connectivity index (χ0) is 23.2. The van der Waals surface area contributed by atoms with Crippen molar-refractivity contribution >= 4 is 23.2 Å². The lowest BCUT2D eigenvalue weighted by Gasteiger charge is -2.39. The Morgan fingerprint density at radius 3 is 2.18 bits per heavy atom. The van der Waals surface area contributed by atoms with Crippen LogP contribution in [0.3, 0.4) is 0 Å². The molecule has 2 heterocycles. The number of carbonyl (C=O) groups excluding carboxylic acids is 2. The molecular weight excluding hydrogens is 424 g/mol. The van der Waals surface area contributed by atoms with E-state index in [1.807, 2.05) is 40.1 Å². The summed E-state index contributed by atoms with van der Waals surface area (Å²) in [5, 5.41) is 11.3. The number of piperazine rings is 1. The molecule has 0 atom stereocenters. The van der Waals surface area contributed by atoms with Gasteiger partial charge in [0.05, 0.1) is 4.92 Å². The predicted molar refractivity (Wildman–Crippen MR) is 123 cm³/mol. The van der Waals surface area contributed by atoms with Gasteiger partial charge in [0.15, 0.2) is 6.61 Å². The molecule has 0 spiro atoms. The average Bonchev–Trinajstić information content (AvgIpc) is 2.87. The summed E-state index contributed by atoms with van der Waals surface area (Å²) in [6.45, 7) is 3.28. The van der Waals surface area contributed by atoms with Gasteiger partial charge in [-0.05, 0) is 31.0 Å². The summed E-state index contributed by atoms with van der Waals surface area (Å²) in [5.41, 5.74) is 0.685. The van der Waals surface area contributed by atoms with E-state index in [0.29, 0.717) is 63.5 Å². The molecule has 2 aliphatic rings. The van der Waals surface area contributed by atoms with E-state index in [1.165, 1.54) is 6.07 Å². The summed E-state index contributed by atoms with van der Waals surface area (Å²) in [6.07, 6.45) is 1.28. The Morgan fingerprint density at radius 1 is 0.879 bits per heavy atom. The van der Waals surface area contributed by atoms with E-state index in [1.54, 1.807) is 23.1 Å². The highest BCUT2D eigenvalue weighted by Gasteiger charge is 2.32. The number of nitrogens with zero attached hydrogens (tertiary/aromatic N) is 4. The molecule has 0 N–H and O–H groups in total. The predicted octanol–water partition coefficient (Wildman–Crippen LogP) is 2.56. The summed E-state index contributed by atoms with van der Waals surface area (Å²) in [6, 6.07) is 15.9. The SMILES string of the molecule is O=C(COc1ccccc1)N1CCC(C(=O)N2CCN(c3ccccc3[N+](=O)[O-])CC2)CC1. The second-order valence-electron chi connectivity index (χ2n) is 8.31. The number of anilines is 1. The highest BCUT2D eigenvalue weighted by molar-refractivity contribution is 5.81. The van der Waals surface area contributed by atoms with Gasteiger partial charge in [0.1, 0.15) is 11.4 Å². The number of para-hydroxylation sites is 3. The molecule has 0 bridgehead atoms. The number of hydrogen-bond acceptors (Lipinski definition) is 6. The number of benzene rings is 2. The molecule has 0 saturated carbocycles. The van der Waals surface area contributed by atoms with Crippen LogP contribution >= 0.6 is 0 Å². The van der Waals surface area contributed by atoms with E-state index in [2.05, 4.69) is 0 Å². The maximum atomic E-state index is 13.0. The van der Waals surface area contributed by atoms with Crippen LogP contribution in [0, 0.1) is 16.0 Å². The molecule has 0 radical (unpaired) electrons. The van der Waals surface area contributed by atoms with Gasteiger partial charge in [-0.3, -0.25) is 19.7 Å². The summed E-state index contributed by atoms with van der Waals surface area (Å²) >= 11 is 0. The van der Waals surface area contributed by atoms with Gasteiger partial charge in [-0.25, -0.2) is 0 Å². The maximum absolute atomic E-state index is 13.0. The Hall–Kier alpha value is -3.62. The van der Waals surface area contributed by atoms with E-state index in [0.717, 1.165) is 0 Å². The molecule has 9 nitrogen and oxygen atoms in total. The van der Waals surface area contributed by atoms with Gasteiger partial charge in [0.25, 0.3) is 11.6 Å². The Balaban J connectivity index is 1.23. The lowest BCUT2D eigenvalue weighted by atomic mass is 9.95. The number of piperidine rings is 1. The third-order valence-electron chi connectivity index (χ3n) is 6.31. The number of likely N-dealkylation sites (tertiary alicyclic amines) is 1. The van der Waals surface area contributed by atoms with Crippen LogP contribution in [-0.2, 0) is 9.59 Å². The highest BCUT2D eigenvalue weighted by Crippen LogP contribution is 2.29. The fourth-order valence-electron chi connectivity index (χ4n) is 4.44. The normalized spacial score (nSPS) is 17.0. The average molecular weight is 453 g/mol. The Labute approximate surface area is 192 Å². The van der Waals surface area contributed by atoms with Crippen molar-refractivity contribution < 1.29 is 19.2 Å². The first-order valence-corrected chi connectivity index (χ1v) is 11.3. The third-order valence-corrected chi connectivity index (χ3v) is 6.31. The molecule has 2 aromatic carbocycles. The summed E-state index contributed by atoms with van der Waals surface area (Å²) in [7, 11) is 0. The van der Waals surface area contributed by atoms with Gasteiger partial charge < -0.3 is 19.4 Å². The molecule has 2 fully saturated rings. The van der Waals surface area contributed by atoms with Gasteiger partial charge in [-0.2, -0.15) is 0 Å². The Bertz CT molecular complexity index is 983. The zero-order valence-corrected chi connectivity index (χ0v) is 18.5. The molecule has 0 aromatic heterocycles. The summed E-state index contributed by atoms with van der Waals surface area (Å²) < 4.78 is 5.55. The maximum Gasteiger partial charge on any atom is 0.292 e. The fourth-order valence-corrected chi connectivity index (χ4v) is 4.44. The van der Waals surface area contributed by atoms with Crippen molar-refractivity contribution in [1.29, 1.82) is 0 Å². The molecule has 9 heteroatoms. The first-order chi connectivity index (χ1) is 16.0. The van der Waals surface area contributed by atoms with E-state index >= 15 is 0 Å². The second kappa shape index (κ2) is 10.3. The summed E-state index contributed by atoms with van der Waals surface area (Å²) in [5.74, 6) is 0.616. The van der Waals surface area contributed by atoms with Crippen LogP contribution in [-0.4, -0.2) is 72.4 Å². The Kier molecular flexibility index (Phi) is 7.07. The van der Waals surface area contributed by atoms with Crippen LogP contribution in [0.1, 0.15) is 12.8 Å². The van der Waals surface area contributed by atoms with Crippen LogP contribution in [0.15, 0.2) is 54.6 Å². The molecule has 33 heavy (non-hydrogen) atoms. The van der Waals surface area contributed by atoms with Crippen molar-refractivity contribution in [1.82, 2.24) is 9.80 Å². The quantitative estimate of drug-likeness (QED) is 0.494. The highest BCUT2D eigenvalue weighted by atomic mass is 16.6. The largest absolute Gasteiger partial charge is 0.484 e. The van der Waals surface area contributed by atoms with Gasteiger partial charge in [0.2, 0.25) is 5.91 Å². The lowest BCUT2D eigenvalue weighted by Crippen LogP contribution is -2.52. The Morgan fingerprint density at radius 2 is 1.52 bits per heavy atom. The molecule has 2 saturated heterocycles. The van der Waals surface area contributed by atoms with Crippen molar-refractivity contribution in [3.05, 3.63) is 64.7 Å². The molecule has 2 amide bonds. The number of carbonyl (C=O) groups is 2. The topological polar surface area (TPSA) is 96.2 Å². The zero-order valence-electron chi connectivity index (χ0n) is 18.5. The number of hydrogen-bond donors (Lipinski definition) is 0. The van der Waals surface area contributed by atoms with Crippen molar-refractivity contribution in [2.75, 3.05) is 50.8 Å². The van der Waals surface area contributed by atoms with Gasteiger partial charge >= 0.3 is 0 Å². The summed E-state index contributed by atoms with van der Waals surface area (Å²) in [4.78, 5) is 42.0. The minimum absolute atomic E-state index is 0.00376. The number of ether oxygens (including phenoxy) is 1. The molecule has 2 aromatic rings. The van der Waals surface area contributed by atoms with Crippen LogP contribution < -0.4 is 9.64 Å². The fraction of sp³-hybridized carbons (Fsp3) is 0.417. The van der Waals surface area contributed by atoms with E-state index in [9.17, 15) is 19.7 Å². The lowest BCUT2D eigenvalue weighted by molar-refractivity contribution is -0.384. The van der Waals surface area contributed by atoms with E-state index in [4.69, 9.17) is 4.74 Å². The van der Waals surface area contributed by atoms with E-state index in [-0.39, 0.29) is 34.9 Å². The smallest absolute Gasteiger partial charge is 0.292 e. The minimum atomic E-state index is -0.368. The van der Waals surface area contributed by atoms with Crippen molar-refractivity contribution in [3.8, 4) is 5.75 Å². The number of nitro groups is 1. The number of amides is 2. The molecule has 2 aliphatic heterocycles. The first-order valence-electron chi connectivity index (χ1n) is 11.3. The molecule has 4 rings (SSSR count). The second-order valence-corrected chi connectivity index (χ2v) is 8.31. The minimum Gasteiger partial charge on any atom is -0.484 e. The number of rotatable bonds is 6. The van der Waals surface area contributed by atoms with E-state index < -0.39 is 0 Å². The van der Waals surface area contributed by atoms with Crippen molar-refractivity contribution in [2.45, 2.75) is 12.8 Å². The standard InChI is InChI=1S/C24H28N4O5/c29-23(18-33-20-6-2-1-3-7-20)26-12-10-19(11-13-26)24(30)27-16-14-25(15-17-27)21-8-4-5-9-22(21)28(31)32/h1-9,19H,10-18H2. The van der Waals surface area contributed by atoms with Crippen LogP contribution in [0.25, 0.3) is 0 Å². The molecular formula is C24H28N4O5. The molecule has 0 unspecified atom stereocenters. The molecule has 0 aliphatic carbocycles. The van der Waals surface area contributed by atoms with Gasteiger partial charge in [0, 0.05) is 51.3 Å². The first kappa shape index (κ1) is 22.6.